The van der Waals surface area contributed by atoms with E-state index < -0.39 is 0 Å². The number of aromatic nitrogens is 2. The average molecular weight is 267 g/mol. The normalized spacial score (nSPS) is 17.6. The Labute approximate surface area is 116 Å². The van der Waals surface area contributed by atoms with E-state index in [0.717, 1.165) is 17.5 Å². The summed E-state index contributed by atoms with van der Waals surface area (Å²) in [7, 11) is 0. The summed E-state index contributed by atoms with van der Waals surface area (Å²) in [5.74, 6) is 0.584. The van der Waals surface area contributed by atoms with Crippen LogP contribution in [-0.2, 0) is 4.74 Å². The first-order valence-corrected chi connectivity index (χ1v) is 6.41. The number of para-hydroxylation sites is 1. The van der Waals surface area contributed by atoms with E-state index in [9.17, 15) is 5.26 Å². The number of hydrogen-bond donors (Lipinski definition) is 0. The molecule has 1 fully saturated rings. The molecule has 1 aromatic carbocycles. The van der Waals surface area contributed by atoms with Crippen LogP contribution in [0, 0.1) is 11.3 Å². The van der Waals surface area contributed by atoms with Crippen molar-refractivity contribution in [3.63, 3.8) is 0 Å². The van der Waals surface area contributed by atoms with Gasteiger partial charge >= 0.3 is 0 Å². The van der Waals surface area contributed by atoms with Crippen LogP contribution in [0.3, 0.4) is 0 Å². The lowest BCUT2D eigenvalue weighted by Crippen LogP contribution is -2.17. The van der Waals surface area contributed by atoms with Crippen molar-refractivity contribution in [2.24, 2.45) is 0 Å². The Morgan fingerprint density at radius 2 is 2.15 bits per heavy atom. The molecule has 0 radical (unpaired) electrons. The van der Waals surface area contributed by atoms with Gasteiger partial charge in [-0.05, 0) is 6.07 Å². The van der Waals surface area contributed by atoms with E-state index in [0.29, 0.717) is 24.5 Å². The van der Waals surface area contributed by atoms with Crippen molar-refractivity contribution >= 4 is 0 Å². The molecule has 0 bridgehead atoms. The van der Waals surface area contributed by atoms with Gasteiger partial charge < -0.3 is 9.47 Å². The Morgan fingerprint density at radius 1 is 1.30 bits per heavy atom. The molecule has 1 aromatic heterocycles. The van der Waals surface area contributed by atoms with Crippen LogP contribution in [0.2, 0.25) is 0 Å². The van der Waals surface area contributed by atoms with E-state index in [-0.39, 0.29) is 6.10 Å². The largest absolute Gasteiger partial charge is 0.486 e. The minimum Gasteiger partial charge on any atom is -0.486 e. The monoisotopic (exact) mass is 267 g/mol. The van der Waals surface area contributed by atoms with Gasteiger partial charge in [-0.1, -0.05) is 12.1 Å². The highest BCUT2D eigenvalue weighted by molar-refractivity contribution is 5.72. The summed E-state index contributed by atoms with van der Waals surface area (Å²) in [6.45, 7) is 1.26. The van der Waals surface area contributed by atoms with Crippen molar-refractivity contribution in [3.05, 3.63) is 42.5 Å². The van der Waals surface area contributed by atoms with Crippen LogP contribution < -0.4 is 4.74 Å². The van der Waals surface area contributed by atoms with E-state index >= 15 is 0 Å². The molecular formula is C15H13N3O2. The van der Waals surface area contributed by atoms with Crippen molar-refractivity contribution in [2.45, 2.75) is 12.5 Å². The van der Waals surface area contributed by atoms with Gasteiger partial charge in [0.05, 0.1) is 18.8 Å². The van der Waals surface area contributed by atoms with Crippen molar-refractivity contribution < 1.29 is 9.47 Å². The van der Waals surface area contributed by atoms with Gasteiger partial charge in [0.1, 0.15) is 24.3 Å². The zero-order chi connectivity index (χ0) is 13.8. The third kappa shape index (κ3) is 2.46. The van der Waals surface area contributed by atoms with Gasteiger partial charge in [0.15, 0.2) is 0 Å². The number of rotatable bonds is 3. The Hall–Kier alpha value is -2.45. The topological polar surface area (TPSA) is 68.0 Å². The molecule has 0 saturated carbocycles. The van der Waals surface area contributed by atoms with Crippen molar-refractivity contribution in [1.82, 2.24) is 9.97 Å². The second-order valence-corrected chi connectivity index (χ2v) is 4.52. The number of ether oxygens (including phenoxy) is 2. The Balaban J connectivity index is 2.03. The molecule has 0 N–H and O–H groups in total. The van der Waals surface area contributed by atoms with Crippen LogP contribution >= 0.6 is 0 Å². The highest BCUT2D eigenvalue weighted by Gasteiger charge is 2.21. The first kappa shape index (κ1) is 12.6. The molecule has 2 heterocycles. The van der Waals surface area contributed by atoms with Gasteiger partial charge in [-0.25, -0.2) is 9.97 Å². The van der Waals surface area contributed by atoms with Gasteiger partial charge in [-0.3, -0.25) is 0 Å². The first-order chi connectivity index (χ1) is 9.88. The standard InChI is InChI=1S/C15H13N3O2/c16-6-11-2-1-3-14(12-7-17-10-18-8-12)15(11)20-13-4-5-19-9-13/h1-3,7-8,10,13H,4-5,9H2. The van der Waals surface area contributed by atoms with Gasteiger partial charge in [0.25, 0.3) is 0 Å². The third-order valence-corrected chi connectivity index (χ3v) is 3.18. The van der Waals surface area contributed by atoms with Gasteiger partial charge in [-0.15, -0.1) is 0 Å². The Morgan fingerprint density at radius 3 is 2.85 bits per heavy atom. The molecular weight excluding hydrogens is 254 g/mol. The average Bonchev–Trinajstić information content (AvgIpc) is 3.01. The van der Waals surface area contributed by atoms with Crippen LogP contribution in [-0.4, -0.2) is 29.3 Å². The van der Waals surface area contributed by atoms with Crippen molar-refractivity contribution in [3.8, 4) is 22.9 Å². The molecule has 1 unspecified atom stereocenters. The summed E-state index contributed by atoms with van der Waals surface area (Å²) >= 11 is 0. The highest BCUT2D eigenvalue weighted by Crippen LogP contribution is 2.33. The first-order valence-electron chi connectivity index (χ1n) is 6.41. The van der Waals surface area contributed by atoms with E-state index in [2.05, 4.69) is 16.0 Å². The second-order valence-electron chi connectivity index (χ2n) is 4.52. The molecule has 3 rings (SSSR count). The number of nitriles is 1. The molecule has 1 atom stereocenters. The molecule has 100 valence electrons. The SMILES string of the molecule is N#Cc1cccc(-c2cncnc2)c1OC1CCOC1. The Kier molecular flexibility index (Phi) is 3.57. The van der Waals surface area contributed by atoms with E-state index in [1.807, 2.05) is 12.1 Å². The zero-order valence-electron chi connectivity index (χ0n) is 10.8. The molecule has 5 heteroatoms. The number of nitrogens with zero attached hydrogens (tertiary/aromatic N) is 3. The maximum Gasteiger partial charge on any atom is 0.145 e. The maximum atomic E-state index is 9.27. The van der Waals surface area contributed by atoms with Gasteiger partial charge in [-0.2, -0.15) is 5.26 Å². The smallest absolute Gasteiger partial charge is 0.145 e. The Bertz CT molecular complexity index is 631. The fraction of sp³-hybridized carbons (Fsp3) is 0.267. The predicted octanol–water partition coefficient (Wildman–Crippen LogP) is 2.18. The van der Waals surface area contributed by atoms with E-state index in [1.54, 1.807) is 18.5 Å². The molecule has 0 amide bonds. The van der Waals surface area contributed by atoms with Crippen LogP contribution in [0.25, 0.3) is 11.1 Å². The van der Waals surface area contributed by atoms with E-state index in [4.69, 9.17) is 9.47 Å². The number of benzene rings is 1. The molecule has 2 aromatic rings. The summed E-state index contributed by atoms with van der Waals surface area (Å²) in [4.78, 5) is 8.03. The van der Waals surface area contributed by atoms with Crippen molar-refractivity contribution in [2.75, 3.05) is 13.2 Å². The summed E-state index contributed by atoms with van der Waals surface area (Å²) in [5.41, 5.74) is 2.17. The summed E-state index contributed by atoms with van der Waals surface area (Å²) in [5, 5.41) is 9.27. The third-order valence-electron chi connectivity index (χ3n) is 3.18. The molecule has 1 aliphatic heterocycles. The quantitative estimate of drug-likeness (QED) is 0.852. The maximum absolute atomic E-state index is 9.27. The summed E-state index contributed by atoms with van der Waals surface area (Å²) in [6, 6.07) is 7.66. The lowest BCUT2D eigenvalue weighted by atomic mass is 10.0. The molecule has 0 spiro atoms. The number of hydrogen-bond acceptors (Lipinski definition) is 5. The molecule has 0 aliphatic carbocycles. The molecule has 20 heavy (non-hydrogen) atoms. The fourth-order valence-corrected chi connectivity index (χ4v) is 2.19. The van der Waals surface area contributed by atoms with Crippen LogP contribution in [0.4, 0.5) is 0 Å². The fourth-order valence-electron chi connectivity index (χ4n) is 2.19. The summed E-state index contributed by atoms with van der Waals surface area (Å²) < 4.78 is 11.3. The zero-order valence-corrected chi connectivity index (χ0v) is 10.8. The predicted molar refractivity (Wildman–Crippen MR) is 72.0 cm³/mol. The molecule has 5 nitrogen and oxygen atoms in total. The lowest BCUT2D eigenvalue weighted by Gasteiger charge is -2.16. The summed E-state index contributed by atoms with van der Waals surface area (Å²) in [6.07, 6.45) is 5.73. The highest BCUT2D eigenvalue weighted by atomic mass is 16.5. The minimum absolute atomic E-state index is 0.00659. The lowest BCUT2D eigenvalue weighted by molar-refractivity contribution is 0.141. The van der Waals surface area contributed by atoms with Crippen LogP contribution in [0.5, 0.6) is 5.75 Å². The van der Waals surface area contributed by atoms with Crippen LogP contribution in [0.1, 0.15) is 12.0 Å². The molecule has 1 saturated heterocycles. The molecule has 1 aliphatic rings. The van der Waals surface area contributed by atoms with Crippen LogP contribution in [0.15, 0.2) is 36.9 Å². The van der Waals surface area contributed by atoms with Gasteiger partial charge in [0, 0.05) is 29.9 Å². The minimum atomic E-state index is -0.00659. The second kappa shape index (κ2) is 5.68. The van der Waals surface area contributed by atoms with E-state index in [1.165, 1.54) is 6.33 Å². The van der Waals surface area contributed by atoms with Gasteiger partial charge in [0.2, 0.25) is 0 Å². The van der Waals surface area contributed by atoms with Crippen molar-refractivity contribution in [1.29, 1.82) is 5.26 Å².